The summed E-state index contributed by atoms with van der Waals surface area (Å²) in [5, 5.41) is 4.95. The monoisotopic (exact) mass is 481 g/mol. The number of benzene rings is 2. The summed E-state index contributed by atoms with van der Waals surface area (Å²) in [5.41, 5.74) is -0.882. The molecular formula is C20H15ClF3N5O2S. The van der Waals surface area contributed by atoms with Gasteiger partial charge in [0.05, 0.1) is 10.6 Å². The maximum Gasteiger partial charge on any atom is 0.417 e. The van der Waals surface area contributed by atoms with Gasteiger partial charge in [-0.1, -0.05) is 11.6 Å². The molecule has 0 saturated heterocycles. The van der Waals surface area contributed by atoms with E-state index in [0.717, 1.165) is 6.07 Å². The average molecular weight is 482 g/mol. The summed E-state index contributed by atoms with van der Waals surface area (Å²) in [7, 11) is 0. The van der Waals surface area contributed by atoms with E-state index in [4.69, 9.17) is 11.6 Å². The SMILES string of the molecule is CCNC(=O)c1ncnc(Sc2ccc(NC(=O)c3ccc(Cl)c(C(F)(F)F)c3)cc2)n1. The molecule has 12 heteroatoms. The number of carbonyl (C=O) groups is 2. The van der Waals surface area contributed by atoms with E-state index in [1.165, 1.54) is 24.2 Å². The molecule has 2 aromatic carbocycles. The van der Waals surface area contributed by atoms with Crippen LogP contribution >= 0.6 is 23.4 Å². The number of hydrogen-bond donors (Lipinski definition) is 2. The Morgan fingerprint density at radius 1 is 1.06 bits per heavy atom. The first-order valence-electron chi connectivity index (χ1n) is 9.10. The van der Waals surface area contributed by atoms with E-state index in [1.807, 2.05) is 0 Å². The van der Waals surface area contributed by atoms with Gasteiger partial charge in [-0.25, -0.2) is 9.97 Å². The maximum atomic E-state index is 13.0. The zero-order valence-corrected chi connectivity index (χ0v) is 18.0. The number of aromatic nitrogens is 3. The second-order valence-corrected chi connectivity index (χ2v) is 7.67. The number of hydrogen-bond acceptors (Lipinski definition) is 6. The minimum atomic E-state index is -4.67. The fraction of sp³-hybridized carbons (Fsp3) is 0.150. The van der Waals surface area contributed by atoms with E-state index < -0.39 is 28.6 Å². The third kappa shape index (κ3) is 5.95. The fourth-order valence-electron chi connectivity index (χ4n) is 2.48. The second kappa shape index (κ2) is 9.96. The van der Waals surface area contributed by atoms with E-state index in [0.29, 0.717) is 28.4 Å². The number of carbonyl (C=O) groups excluding carboxylic acids is 2. The summed E-state index contributed by atoms with van der Waals surface area (Å²) in [6.45, 7) is 2.21. The average Bonchev–Trinajstić information content (AvgIpc) is 2.75. The maximum absolute atomic E-state index is 13.0. The lowest BCUT2D eigenvalue weighted by molar-refractivity contribution is -0.137. The van der Waals surface area contributed by atoms with Gasteiger partial charge in [0.1, 0.15) is 6.33 Å². The molecule has 0 atom stereocenters. The first-order chi connectivity index (χ1) is 15.2. The molecular weight excluding hydrogens is 467 g/mol. The molecule has 0 aliphatic rings. The highest BCUT2D eigenvalue weighted by molar-refractivity contribution is 7.99. The summed E-state index contributed by atoms with van der Waals surface area (Å²) in [6, 6.07) is 9.43. The number of alkyl halides is 3. The molecule has 0 bridgehead atoms. The van der Waals surface area contributed by atoms with Crippen molar-refractivity contribution in [3.63, 3.8) is 0 Å². The third-order valence-corrected chi connectivity index (χ3v) is 5.16. The summed E-state index contributed by atoms with van der Waals surface area (Å²) >= 11 is 6.75. The van der Waals surface area contributed by atoms with Crippen LogP contribution in [0.15, 0.2) is 58.8 Å². The van der Waals surface area contributed by atoms with E-state index in [9.17, 15) is 22.8 Å². The van der Waals surface area contributed by atoms with Crippen LogP contribution in [0, 0.1) is 0 Å². The first-order valence-corrected chi connectivity index (χ1v) is 10.3. The molecule has 1 aromatic heterocycles. The van der Waals surface area contributed by atoms with Crippen molar-refractivity contribution in [3.05, 3.63) is 70.8 Å². The molecule has 0 fully saturated rings. The van der Waals surface area contributed by atoms with Gasteiger partial charge in [0, 0.05) is 22.7 Å². The Morgan fingerprint density at radius 2 is 1.78 bits per heavy atom. The third-order valence-electron chi connectivity index (χ3n) is 3.95. The summed E-state index contributed by atoms with van der Waals surface area (Å²) in [6.07, 6.45) is -3.44. The molecule has 0 radical (unpaired) electrons. The number of anilines is 1. The molecule has 7 nitrogen and oxygen atoms in total. The minimum Gasteiger partial charge on any atom is -0.350 e. The Kier molecular flexibility index (Phi) is 7.31. The Bertz CT molecular complexity index is 1140. The van der Waals surface area contributed by atoms with Gasteiger partial charge in [-0.3, -0.25) is 9.59 Å². The minimum absolute atomic E-state index is 0.00516. The van der Waals surface area contributed by atoms with Crippen molar-refractivity contribution in [1.82, 2.24) is 20.3 Å². The highest BCUT2D eigenvalue weighted by Gasteiger charge is 2.33. The molecule has 0 saturated carbocycles. The predicted molar refractivity (Wildman–Crippen MR) is 113 cm³/mol. The summed E-state index contributed by atoms with van der Waals surface area (Å²) in [5.74, 6) is -1.13. The molecule has 32 heavy (non-hydrogen) atoms. The van der Waals surface area contributed by atoms with E-state index in [2.05, 4.69) is 25.6 Å². The van der Waals surface area contributed by atoms with Gasteiger partial charge >= 0.3 is 6.18 Å². The van der Waals surface area contributed by atoms with Crippen LogP contribution in [0.5, 0.6) is 0 Å². The quantitative estimate of drug-likeness (QED) is 0.530. The zero-order chi connectivity index (χ0) is 23.3. The number of rotatable bonds is 6. The van der Waals surface area contributed by atoms with Gasteiger partial charge in [0.25, 0.3) is 11.8 Å². The molecule has 0 aliphatic heterocycles. The normalized spacial score (nSPS) is 11.2. The Balaban J connectivity index is 1.68. The Labute approximate surface area is 189 Å². The fourth-order valence-corrected chi connectivity index (χ4v) is 3.42. The van der Waals surface area contributed by atoms with Gasteiger partial charge in [-0.2, -0.15) is 18.2 Å². The van der Waals surface area contributed by atoms with E-state index in [1.54, 1.807) is 31.2 Å². The van der Waals surface area contributed by atoms with Gasteiger partial charge in [0.2, 0.25) is 5.82 Å². The molecule has 2 amide bonds. The summed E-state index contributed by atoms with van der Waals surface area (Å²) in [4.78, 5) is 36.8. The molecule has 2 N–H and O–H groups in total. The van der Waals surface area contributed by atoms with Crippen LogP contribution in [0.3, 0.4) is 0 Å². The zero-order valence-electron chi connectivity index (χ0n) is 16.4. The van der Waals surface area contributed by atoms with Gasteiger partial charge < -0.3 is 10.6 Å². The molecule has 0 aliphatic carbocycles. The lowest BCUT2D eigenvalue weighted by Gasteiger charge is -2.11. The lowest BCUT2D eigenvalue weighted by Crippen LogP contribution is -2.25. The van der Waals surface area contributed by atoms with Crippen molar-refractivity contribution < 1.29 is 22.8 Å². The topological polar surface area (TPSA) is 96.9 Å². The summed E-state index contributed by atoms with van der Waals surface area (Å²) < 4.78 is 39.0. The number of amides is 2. The largest absolute Gasteiger partial charge is 0.417 e. The molecule has 3 rings (SSSR count). The van der Waals surface area contributed by atoms with Crippen molar-refractivity contribution >= 4 is 40.9 Å². The van der Waals surface area contributed by atoms with Crippen LogP contribution in [0.1, 0.15) is 33.5 Å². The first kappa shape index (κ1) is 23.5. The van der Waals surface area contributed by atoms with E-state index >= 15 is 0 Å². The van der Waals surface area contributed by atoms with Crippen LogP contribution in [0.25, 0.3) is 0 Å². The van der Waals surface area contributed by atoms with Crippen molar-refractivity contribution in [3.8, 4) is 0 Å². The van der Waals surface area contributed by atoms with Gasteiger partial charge in [-0.05, 0) is 61.2 Å². The van der Waals surface area contributed by atoms with Crippen LogP contribution in [-0.4, -0.2) is 33.3 Å². The molecule has 1 heterocycles. The predicted octanol–water partition coefficient (Wildman–Crippen LogP) is 4.70. The van der Waals surface area contributed by atoms with Crippen molar-refractivity contribution in [1.29, 1.82) is 0 Å². The van der Waals surface area contributed by atoms with Crippen LogP contribution in [0.2, 0.25) is 5.02 Å². The molecule has 0 spiro atoms. The van der Waals surface area contributed by atoms with Gasteiger partial charge in [-0.15, -0.1) is 0 Å². The smallest absolute Gasteiger partial charge is 0.350 e. The van der Waals surface area contributed by atoms with Crippen molar-refractivity contribution in [2.45, 2.75) is 23.2 Å². The van der Waals surface area contributed by atoms with Crippen LogP contribution < -0.4 is 10.6 Å². The van der Waals surface area contributed by atoms with Crippen molar-refractivity contribution in [2.75, 3.05) is 11.9 Å². The second-order valence-electron chi connectivity index (χ2n) is 6.22. The van der Waals surface area contributed by atoms with Crippen LogP contribution in [-0.2, 0) is 6.18 Å². The number of nitrogens with zero attached hydrogens (tertiary/aromatic N) is 3. The van der Waals surface area contributed by atoms with E-state index in [-0.39, 0.29) is 11.4 Å². The lowest BCUT2D eigenvalue weighted by atomic mass is 10.1. The highest BCUT2D eigenvalue weighted by Crippen LogP contribution is 2.35. The van der Waals surface area contributed by atoms with Crippen molar-refractivity contribution in [2.24, 2.45) is 0 Å². The number of nitrogens with one attached hydrogen (secondary N) is 2. The molecule has 0 unspecified atom stereocenters. The Morgan fingerprint density at radius 3 is 2.44 bits per heavy atom. The standard InChI is InChI=1S/C20H15ClF3N5O2S/c1-2-25-18(31)16-26-10-27-19(29-16)32-13-6-4-12(5-7-13)28-17(30)11-3-8-15(21)14(9-11)20(22,23)24/h3-10H,2H2,1H3,(H,25,31)(H,28,30). The molecule has 166 valence electrons. The van der Waals surface area contributed by atoms with Gasteiger partial charge in [0.15, 0.2) is 5.16 Å². The highest BCUT2D eigenvalue weighted by atomic mass is 35.5. The Hall–Kier alpha value is -3.18. The van der Waals surface area contributed by atoms with Crippen LogP contribution in [0.4, 0.5) is 18.9 Å². The molecule has 3 aromatic rings. The number of halogens is 4.